The Morgan fingerprint density at radius 3 is 2.85 bits per heavy atom. The summed E-state index contributed by atoms with van der Waals surface area (Å²) >= 11 is 0. The number of aliphatic hydroxyl groups is 1. The Morgan fingerprint density at radius 1 is 1.45 bits per heavy atom. The molecule has 2 N–H and O–H groups in total. The van der Waals surface area contributed by atoms with Crippen LogP contribution in [0.4, 0.5) is 4.79 Å². The van der Waals surface area contributed by atoms with E-state index in [0.717, 1.165) is 24.0 Å². The fourth-order valence-corrected chi connectivity index (χ4v) is 2.57. The number of benzene rings is 1. The molecule has 20 heavy (non-hydrogen) atoms. The number of carbonyl (C=O) groups is 1. The van der Waals surface area contributed by atoms with Gasteiger partial charge in [0.2, 0.25) is 0 Å². The first-order valence-electron chi connectivity index (χ1n) is 7.08. The van der Waals surface area contributed by atoms with Crippen LogP contribution in [0.3, 0.4) is 0 Å². The van der Waals surface area contributed by atoms with E-state index in [1.54, 1.807) is 0 Å². The number of carbonyl (C=O) groups excluding carboxylic acids is 1. The average Bonchev–Trinajstić information content (AvgIpc) is 2.35. The first kappa shape index (κ1) is 14.9. The maximum Gasteiger partial charge on any atom is 0.407 e. The van der Waals surface area contributed by atoms with Crippen molar-refractivity contribution >= 4 is 6.09 Å². The van der Waals surface area contributed by atoms with Gasteiger partial charge in [0.25, 0.3) is 0 Å². The Hall–Kier alpha value is -1.55. The van der Waals surface area contributed by atoms with Gasteiger partial charge in [-0.15, -0.1) is 0 Å². The molecule has 0 heterocycles. The van der Waals surface area contributed by atoms with Crippen molar-refractivity contribution in [2.75, 3.05) is 0 Å². The Labute approximate surface area is 120 Å². The van der Waals surface area contributed by atoms with Crippen molar-refractivity contribution in [3.8, 4) is 0 Å². The highest BCUT2D eigenvalue weighted by Crippen LogP contribution is 2.26. The van der Waals surface area contributed by atoms with Gasteiger partial charge in [0.1, 0.15) is 6.10 Å². The van der Waals surface area contributed by atoms with Crippen LogP contribution < -0.4 is 5.32 Å². The number of aliphatic hydroxyl groups excluding tert-OH is 1. The van der Waals surface area contributed by atoms with Gasteiger partial charge in [-0.1, -0.05) is 18.2 Å². The fourth-order valence-electron chi connectivity index (χ4n) is 2.57. The minimum Gasteiger partial charge on any atom is -0.446 e. The van der Waals surface area contributed by atoms with Crippen LogP contribution >= 0.6 is 0 Å². The van der Waals surface area contributed by atoms with Gasteiger partial charge < -0.3 is 15.2 Å². The summed E-state index contributed by atoms with van der Waals surface area (Å²) in [5.41, 5.74) is 3.04. The van der Waals surface area contributed by atoms with E-state index in [1.165, 1.54) is 5.56 Å². The third-order valence-electron chi connectivity index (χ3n) is 3.46. The third-order valence-corrected chi connectivity index (χ3v) is 3.46. The van der Waals surface area contributed by atoms with E-state index in [0.29, 0.717) is 6.42 Å². The first-order valence-corrected chi connectivity index (χ1v) is 7.08. The molecule has 1 aromatic rings. The van der Waals surface area contributed by atoms with Crippen LogP contribution in [-0.4, -0.2) is 22.8 Å². The van der Waals surface area contributed by atoms with E-state index < -0.39 is 0 Å². The molecule has 0 fully saturated rings. The molecule has 1 aromatic carbocycles. The smallest absolute Gasteiger partial charge is 0.407 e. The summed E-state index contributed by atoms with van der Waals surface area (Å²) in [5.74, 6) is 0. The summed E-state index contributed by atoms with van der Waals surface area (Å²) < 4.78 is 5.49. The minimum atomic E-state index is -0.368. The number of hydrogen-bond acceptors (Lipinski definition) is 3. The summed E-state index contributed by atoms with van der Waals surface area (Å²) in [6.45, 7) is 5.81. The van der Waals surface area contributed by atoms with E-state index in [1.807, 2.05) is 32.9 Å². The van der Waals surface area contributed by atoms with Crippen LogP contribution in [0.1, 0.15) is 43.9 Å². The van der Waals surface area contributed by atoms with Crippen molar-refractivity contribution in [2.24, 2.45) is 0 Å². The van der Waals surface area contributed by atoms with Crippen molar-refractivity contribution in [1.29, 1.82) is 0 Å². The number of ether oxygens (including phenoxy) is 1. The van der Waals surface area contributed by atoms with E-state index in [-0.39, 0.29) is 24.3 Å². The standard InChI is InChI=1S/C16H23NO3/c1-16(2,3)17-15(19)20-13-8-7-11-5-4-6-12(10-18)14(11)9-13/h4-6,13,18H,7-10H2,1-3H3,(H,17,19). The predicted molar refractivity (Wildman–Crippen MR) is 77.5 cm³/mol. The normalized spacial score (nSPS) is 18.3. The van der Waals surface area contributed by atoms with Gasteiger partial charge in [-0.3, -0.25) is 0 Å². The lowest BCUT2D eigenvalue weighted by molar-refractivity contribution is 0.0833. The fraction of sp³-hybridized carbons (Fsp3) is 0.562. The van der Waals surface area contributed by atoms with Gasteiger partial charge in [-0.25, -0.2) is 4.79 Å². The van der Waals surface area contributed by atoms with Crippen molar-refractivity contribution in [3.63, 3.8) is 0 Å². The lowest BCUT2D eigenvalue weighted by Gasteiger charge is -2.28. The Balaban J connectivity index is 2.02. The molecule has 1 atom stereocenters. The zero-order valence-electron chi connectivity index (χ0n) is 12.4. The third kappa shape index (κ3) is 3.73. The Kier molecular flexibility index (Phi) is 4.33. The first-order chi connectivity index (χ1) is 9.39. The molecule has 1 amide bonds. The maximum atomic E-state index is 11.8. The number of amides is 1. The molecule has 0 aromatic heterocycles. The molecule has 1 aliphatic carbocycles. The Morgan fingerprint density at radius 2 is 2.20 bits per heavy atom. The highest BCUT2D eigenvalue weighted by atomic mass is 16.6. The van der Waals surface area contributed by atoms with Crippen LogP contribution in [0.15, 0.2) is 18.2 Å². The topological polar surface area (TPSA) is 58.6 Å². The second-order valence-electron chi connectivity index (χ2n) is 6.36. The van der Waals surface area contributed by atoms with Gasteiger partial charge in [0.05, 0.1) is 6.61 Å². The van der Waals surface area contributed by atoms with E-state index >= 15 is 0 Å². The van der Waals surface area contributed by atoms with Crippen LogP contribution in [0.5, 0.6) is 0 Å². The van der Waals surface area contributed by atoms with Crippen molar-refractivity contribution in [1.82, 2.24) is 5.32 Å². The zero-order valence-corrected chi connectivity index (χ0v) is 12.4. The molecule has 0 spiro atoms. The number of alkyl carbamates (subject to hydrolysis) is 1. The van der Waals surface area contributed by atoms with Crippen LogP contribution in [0.25, 0.3) is 0 Å². The van der Waals surface area contributed by atoms with Crippen molar-refractivity contribution < 1.29 is 14.6 Å². The minimum absolute atomic E-state index is 0.0318. The van der Waals surface area contributed by atoms with E-state index in [2.05, 4.69) is 11.4 Å². The highest BCUT2D eigenvalue weighted by Gasteiger charge is 2.25. The SMILES string of the molecule is CC(C)(C)NC(=O)OC1CCc2cccc(CO)c2C1. The number of aryl methyl sites for hydroxylation is 1. The van der Waals surface area contributed by atoms with Gasteiger partial charge >= 0.3 is 6.09 Å². The molecule has 0 radical (unpaired) electrons. The summed E-state index contributed by atoms with van der Waals surface area (Å²) in [5, 5.41) is 12.2. The predicted octanol–water partition coefficient (Wildman–Crippen LogP) is 2.56. The maximum absolute atomic E-state index is 11.8. The molecule has 110 valence electrons. The average molecular weight is 277 g/mol. The lowest BCUT2D eigenvalue weighted by atomic mass is 9.87. The Bertz CT molecular complexity index is 477. The highest BCUT2D eigenvalue weighted by molar-refractivity contribution is 5.68. The summed E-state index contributed by atoms with van der Waals surface area (Å²) in [4.78, 5) is 11.8. The largest absolute Gasteiger partial charge is 0.446 e. The molecule has 1 unspecified atom stereocenters. The summed E-state index contributed by atoms with van der Waals surface area (Å²) in [6, 6.07) is 5.98. The molecule has 4 nitrogen and oxygen atoms in total. The number of fused-ring (bicyclic) bond motifs is 1. The van der Waals surface area contributed by atoms with Crippen LogP contribution in [0, 0.1) is 0 Å². The molecule has 4 heteroatoms. The molecule has 0 saturated carbocycles. The van der Waals surface area contributed by atoms with Gasteiger partial charge in [-0.2, -0.15) is 0 Å². The van der Waals surface area contributed by atoms with Crippen molar-refractivity contribution in [3.05, 3.63) is 34.9 Å². The van der Waals surface area contributed by atoms with Crippen LogP contribution in [0.2, 0.25) is 0 Å². The molecule has 0 bridgehead atoms. The van der Waals surface area contributed by atoms with Gasteiger partial charge in [0, 0.05) is 12.0 Å². The van der Waals surface area contributed by atoms with Crippen molar-refractivity contribution in [2.45, 2.75) is 58.3 Å². The lowest BCUT2D eigenvalue weighted by Crippen LogP contribution is -2.43. The molecule has 1 aliphatic rings. The van der Waals surface area contributed by atoms with E-state index in [4.69, 9.17) is 4.74 Å². The second-order valence-corrected chi connectivity index (χ2v) is 6.36. The molecule has 0 saturated heterocycles. The van der Waals surface area contributed by atoms with Gasteiger partial charge in [-0.05, 0) is 50.3 Å². The van der Waals surface area contributed by atoms with E-state index in [9.17, 15) is 9.90 Å². The number of nitrogens with one attached hydrogen (secondary N) is 1. The molecular formula is C16H23NO3. The number of rotatable bonds is 2. The molecule has 0 aliphatic heterocycles. The summed E-state index contributed by atoms with van der Waals surface area (Å²) in [6.07, 6.45) is 1.92. The quantitative estimate of drug-likeness (QED) is 0.873. The second kappa shape index (κ2) is 5.83. The molecular weight excluding hydrogens is 254 g/mol. The molecule has 2 rings (SSSR count). The zero-order chi connectivity index (χ0) is 14.8. The van der Waals surface area contributed by atoms with Gasteiger partial charge in [0.15, 0.2) is 0 Å². The van der Waals surface area contributed by atoms with Crippen LogP contribution in [-0.2, 0) is 24.2 Å². The monoisotopic (exact) mass is 277 g/mol. The number of hydrogen-bond donors (Lipinski definition) is 2. The summed E-state index contributed by atoms with van der Waals surface area (Å²) in [7, 11) is 0.